The maximum atomic E-state index is 5.60. The summed E-state index contributed by atoms with van der Waals surface area (Å²) in [6, 6.07) is 5.67. The summed E-state index contributed by atoms with van der Waals surface area (Å²) in [6.07, 6.45) is 1.78. The highest BCUT2D eigenvalue weighted by Crippen LogP contribution is 2.34. The minimum Gasteiger partial charge on any atom is -0.399 e. The van der Waals surface area contributed by atoms with E-state index in [0.717, 1.165) is 21.4 Å². The number of rotatable bonds is 0. The smallest absolute Gasteiger partial charge is 0.0715 e. The first-order valence-corrected chi connectivity index (χ1v) is 4.03. The normalized spacial score (nSPS) is 13.7. The third-order valence-corrected chi connectivity index (χ3v) is 2.23. The van der Waals surface area contributed by atoms with E-state index in [-0.39, 0.29) is 0 Å². The Bertz CT molecular complexity index is 331. The molecule has 1 heterocycles. The van der Waals surface area contributed by atoms with Crippen molar-refractivity contribution in [2.75, 3.05) is 5.73 Å². The molecule has 0 aromatic heterocycles. The molecule has 0 fully saturated rings. The van der Waals surface area contributed by atoms with Gasteiger partial charge in [-0.05, 0) is 34.1 Å². The first kappa shape index (κ1) is 6.73. The van der Waals surface area contributed by atoms with Crippen molar-refractivity contribution in [1.82, 2.24) is 5.32 Å². The zero-order valence-corrected chi connectivity index (χ0v) is 7.30. The summed E-state index contributed by atoms with van der Waals surface area (Å²) in [6.45, 7) is 0. The molecule has 0 unspecified atom stereocenters. The van der Waals surface area contributed by atoms with E-state index in [0.29, 0.717) is 0 Å². The van der Waals surface area contributed by atoms with Gasteiger partial charge < -0.3 is 5.73 Å². The number of benzene rings is 1. The van der Waals surface area contributed by atoms with Crippen LogP contribution in [0.4, 0.5) is 11.4 Å². The zero-order chi connectivity index (χ0) is 7.84. The fraction of sp³-hybridized carbons (Fsp3) is 0. The van der Waals surface area contributed by atoms with Crippen LogP contribution in [0.2, 0.25) is 0 Å². The average molecular weight is 210 g/mol. The Labute approximate surface area is 73.2 Å². The van der Waals surface area contributed by atoms with Gasteiger partial charge in [0.2, 0.25) is 0 Å². The Hall–Kier alpha value is -0.960. The largest absolute Gasteiger partial charge is 0.399 e. The van der Waals surface area contributed by atoms with Gasteiger partial charge in [0.25, 0.3) is 0 Å². The van der Waals surface area contributed by atoms with Gasteiger partial charge >= 0.3 is 0 Å². The highest BCUT2D eigenvalue weighted by Gasteiger charge is 2.12. The van der Waals surface area contributed by atoms with Crippen LogP contribution in [0.5, 0.6) is 0 Å². The summed E-state index contributed by atoms with van der Waals surface area (Å²) < 4.78 is 1.000. The number of halogens is 1. The summed E-state index contributed by atoms with van der Waals surface area (Å²) in [7, 11) is 0. The van der Waals surface area contributed by atoms with Crippen molar-refractivity contribution in [2.24, 2.45) is 0 Å². The lowest BCUT2D eigenvalue weighted by molar-refractivity contribution is 1.22. The highest BCUT2D eigenvalue weighted by atomic mass is 79.9. The molecule has 1 aromatic rings. The van der Waals surface area contributed by atoms with Gasteiger partial charge in [-0.15, -0.1) is 0 Å². The number of anilines is 1. The number of hydrogen-bond acceptors (Lipinski definition) is 1. The second kappa shape index (κ2) is 2.27. The molecule has 2 nitrogen and oxygen atoms in total. The molecule has 1 aliphatic heterocycles. The molecule has 0 bridgehead atoms. The quantitative estimate of drug-likeness (QED) is 0.655. The lowest BCUT2D eigenvalue weighted by atomic mass is 10.2. The second-order valence-corrected chi connectivity index (χ2v) is 3.24. The third-order valence-electron chi connectivity index (χ3n) is 1.59. The molecule has 1 aromatic carbocycles. The Morgan fingerprint density at radius 1 is 1.36 bits per heavy atom. The van der Waals surface area contributed by atoms with Gasteiger partial charge in [-0.1, -0.05) is 0 Å². The lowest BCUT2D eigenvalue weighted by Crippen LogP contribution is -1.86. The minimum atomic E-state index is 0.770. The average Bonchev–Trinajstić information content (AvgIpc) is 2.33. The highest BCUT2D eigenvalue weighted by molar-refractivity contribution is 9.15. The van der Waals surface area contributed by atoms with E-state index in [1.807, 2.05) is 18.2 Å². The summed E-state index contributed by atoms with van der Waals surface area (Å²) in [5.74, 6) is 0. The van der Waals surface area contributed by atoms with Crippen LogP contribution in [-0.2, 0) is 0 Å². The predicted octanol–water partition coefficient (Wildman–Crippen LogP) is 2.21. The molecule has 0 aliphatic carbocycles. The van der Waals surface area contributed by atoms with Crippen LogP contribution in [0.25, 0.3) is 4.48 Å². The Kier molecular flexibility index (Phi) is 1.39. The molecule has 2 rings (SSSR count). The number of hydrogen-bond donors (Lipinski definition) is 1. The van der Waals surface area contributed by atoms with E-state index in [9.17, 15) is 0 Å². The maximum Gasteiger partial charge on any atom is 0.0715 e. The van der Waals surface area contributed by atoms with Crippen molar-refractivity contribution in [1.29, 1.82) is 0 Å². The van der Waals surface area contributed by atoms with Gasteiger partial charge in [0.05, 0.1) is 5.69 Å². The summed E-state index contributed by atoms with van der Waals surface area (Å²) in [5, 5.41) is 4.16. The molecule has 11 heavy (non-hydrogen) atoms. The van der Waals surface area contributed by atoms with E-state index >= 15 is 0 Å². The molecule has 0 saturated carbocycles. The van der Waals surface area contributed by atoms with Crippen molar-refractivity contribution < 1.29 is 0 Å². The lowest BCUT2D eigenvalue weighted by Gasteiger charge is -1.98. The second-order valence-electron chi connectivity index (χ2n) is 2.38. The molecular formula is C8H6BrN2. The van der Waals surface area contributed by atoms with Crippen molar-refractivity contribution >= 4 is 31.8 Å². The van der Waals surface area contributed by atoms with E-state index < -0.39 is 0 Å². The van der Waals surface area contributed by atoms with Crippen LogP contribution in [0.1, 0.15) is 5.56 Å². The summed E-state index contributed by atoms with van der Waals surface area (Å²) >= 11 is 3.38. The molecule has 0 saturated heterocycles. The molecule has 55 valence electrons. The van der Waals surface area contributed by atoms with E-state index in [1.165, 1.54) is 0 Å². The Morgan fingerprint density at radius 3 is 3.00 bits per heavy atom. The van der Waals surface area contributed by atoms with Crippen molar-refractivity contribution in [3.8, 4) is 0 Å². The van der Waals surface area contributed by atoms with Crippen LogP contribution in [0.3, 0.4) is 0 Å². The molecule has 0 amide bonds. The van der Waals surface area contributed by atoms with Crippen molar-refractivity contribution in [3.63, 3.8) is 0 Å². The number of fused-ring (bicyclic) bond motifs is 1. The van der Waals surface area contributed by atoms with Gasteiger partial charge in [0, 0.05) is 21.9 Å². The van der Waals surface area contributed by atoms with Crippen LogP contribution in [0, 0.1) is 0 Å². The van der Waals surface area contributed by atoms with Crippen LogP contribution >= 0.6 is 15.9 Å². The first-order valence-electron chi connectivity index (χ1n) is 3.24. The topological polar surface area (TPSA) is 40.1 Å². The number of nitrogens with zero attached hydrogens (tertiary/aromatic N) is 1. The molecular weight excluding hydrogens is 204 g/mol. The van der Waals surface area contributed by atoms with Crippen LogP contribution in [-0.4, -0.2) is 0 Å². The van der Waals surface area contributed by atoms with Gasteiger partial charge in [-0.25, -0.2) is 0 Å². The minimum absolute atomic E-state index is 0.770. The van der Waals surface area contributed by atoms with Crippen LogP contribution < -0.4 is 11.1 Å². The zero-order valence-electron chi connectivity index (χ0n) is 5.71. The molecule has 1 aliphatic rings. The van der Waals surface area contributed by atoms with E-state index in [2.05, 4.69) is 21.2 Å². The first-order chi connectivity index (χ1) is 5.27. The monoisotopic (exact) mass is 209 g/mol. The fourth-order valence-corrected chi connectivity index (χ4v) is 1.47. The Morgan fingerprint density at radius 2 is 2.18 bits per heavy atom. The maximum absolute atomic E-state index is 5.60. The standard InChI is InChI=1S/C8H6BrN2/c9-7-4-11-8-2-1-5(10)3-6(7)8/h1-4H,10H2. The fourth-order valence-electron chi connectivity index (χ4n) is 1.05. The van der Waals surface area contributed by atoms with E-state index in [1.54, 1.807) is 6.20 Å². The SMILES string of the molecule is Nc1ccc2c(c1)C(Br)=C[N]2. The third kappa shape index (κ3) is 1.01. The molecule has 0 spiro atoms. The van der Waals surface area contributed by atoms with Crippen molar-refractivity contribution in [2.45, 2.75) is 0 Å². The van der Waals surface area contributed by atoms with Gasteiger partial charge in [-0.3, -0.25) is 5.32 Å². The van der Waals surface area contributed by atoms with Gasteiger partial charge in [0.15, 0.2) is 0 Å². The summed E-state index contributed by atoms with van der Waals surface area (Å²) in [5.41, 5.74) is 8.42. The van der Waals surface area contributed by atoms with Crippen molar-refractivity contribution in [3.05, 3.63) is 30.0 Å². The van der Waals surface area contributed by atoms with Crippen LogP contribution in [0.15, 0.2) is 24.4 Å². The molecule has 1 radical (unpaired) electrons. The Balaban J connectivity index is 2.60. The molecule has 0 atom stereocenters. The predicted molar refractivity (Wildman–Crippen MR) is 49.6 cm³/mol. The summed E-state index contributed by atoms with van der Waals surface area (Å²) in [4.78, 5) is 0. The van der Waals surface area contributed by atoms with Gasteiger partial charge in [-0.2, -0.15) is 0 Å². The number of nitrogens with two attached hydrogens (primary N) is 1. The molecule has 3 heteroatoms. The molecule has 2 N–H and O–H groups in total. The van der Waals surface area contributed by atoms with Gasteiger partial charge in [0.1, 0.15) is 0 Å². The number of nitrogen functional groups attached to an aromatic ring is 1. The van der Waals surface area contributed by atoms with E-state index in [4.69, 9.17) is 5.73 Å².